The van der Waals surface area contributed by atoms with Gasteiger partial charge in [-0.25, -0.2) is 9.97 Å². The highest BCUT2D eigenvalue weighted by molar-refractivity contribution is 5.57. The van der Waals surface area contributed by atoms with Crippen LogP contribution in [0.25, 0.3) is 0 Å². The van der Waals surface area contributed by atoms with Crippen molar-refractivity contribution in [3.05, 3.63) is 11.9 Å². The number of hydrogen-bond acceptors (Lipinski definition) is 5. The molecule has 1 aromatic rings. The van der Waals surface area contributed by atoms with Crippen LogP contribution in [0.1, 0.15) is 46.1 Å². The number of rotatable bonds is 9. The average Bonchev–Trinajstić information content (AvgIpc) is 2.45. The Morgan fingerprint density at radius 1 is 1.10 bits per heavy atom. The molecule has 1 heterocycles. The van der Waals surface area contributed by atoms with Gasteiger partial charge in [0.15, 0.2) is 0 Å². The number of nitrogens with one attached hydrogen (secondary N) is 2. The third kappa shape index (κ3) is 4.96. The van der Waals surface area contributed by atoms with Crippen molar-refractivity contribution in [3.63, 3.8) is 0 Å². The SMILES string of the molecule is CCCNc1ncnc(NCC(C)(C)OC)c1CCC. The van der Waals surface area contributed by atoms with Crippen LogP contribution in [0, 0.1) is 0 Å². The van der Waals surface area contributed by atoms with E-state index < -0.39 is 0 Å². The third-order valence-corrected chi connectivity index (χ3v) is 3.22. The van der Waals surface area contributed by atoms with Crippen LogP contribution >= 0.6 is 0 Å². The largest absolute Gasteiger partial charge is 0.377 e. The van der Waals surface area contributed by atoms with E-state index in [0.29, 0.717) is 6.54 Å². The second kappa shape index (κ2) is 8.04. The maximum Gasteiger partial charge on any atom is 0.134 e. The normalized spacial score (nSPS) is 11.4. The zero-order valence-electron chi connectivity index (χ0n) is 13.4. The highest BCUT2D eigenvalue weighted by Crippen LogP contribution is 2.22. The average molecular weight is 280 g/mol. The van der Waals surface area contributed by atoms with Crippen molar-refractivity contribution >= 4 is 11.6 Å². The molecule has 0 bridgehead atoms. The number of ether oxygens (including phenoxy) is 1. The third-order valence-electron chi connectivity index (χ3n) is 3.22. The van der Waals surface area contributed by atoms with E-state index in [9.17, 15) is 0 Å². The summed E-state index contributed by atoms with van der Waals surface area (Å²) in [7, 11) is 1.73. The van der Waals surface area contributed by atoms with Crippen molar-refractivity contribution in [2.45, 2.75) is 52.6 Å². The van der Waals surface area contributed by atoms with E-state index in [4.69, 9.17) is 4.74 Å². The summed E-state index contributed by atoms with van der Waals surface area (Å²) in [5.74, 6) is 1.85. The van der Waals surface area contributed by atoms with E-state index in [1.807, 2.05) is 0 Å². The van der Waals surface area contributed by atoms with Gasteiger partial charge in [0.2, 0.25) is 0 Å². The van der Waals surface area contributed by atoms with Crippen molar-refractivity contribution in [1.29, 1.82) is 0 Å². The van der Waals surface area contributed by atoms with Crippen LogP contribution in [0.15, 0.2) is 6.33 Å². The molecule has 0 aliphatic carbocycles. The van der Waals surface area contributed by atoms with Gasteiger partial charge in [0.1, 0.15) is 18.0 Å². The standard InChI is InChI=1S/C15H28N4O/c1-6-8-12-13(16-9-7-2)18-11-19-14(12)17-10-15(3,4)20-5/h11H,6-10H2,1-5H3,(H2,16,17,18,19). The van der Waals surface area contributed by atoms with Crippen LogP contribution < -0.4 is 10.6 Å². The van der Waals surface area contributed by atoms with Crippen molar-refractivity contribution in [2.24, 2.45) is 0 Å². The molecule has 0 saturated heterocycles. The Hall–Kier alpha value is -1.36. The topological polar surface area (TPSA) is 59.1 Å². The predicted octanol–water partition coefficient (Wildman–Crippen LogP) is 3.09. The first-order chi connectivity index (χ1) is 9.54. The monoisotopic (exact) mass is 280 g/mol. The second-order valence-electron chi connectivity index (χ2n) is 5.54. The van der Waals surface area contributed by atoms with E-state index in [-0.39, 0.29) is 5.60 Å². The summed E-state index contributed by atoms with van der Waals surface area (Å²) in [4.78, 5) is 8.75. The fraction of sp³-hybridized carbons (Fsp3) is 0.733. The number of nitrogens with zero attached hydrogens (tertiary/aromatic N) is 2. The number of aromatic nitrogens is 2. The molecule has 0 atom stereocenters. The molecule has 0 unspecified atom stereocenters. The first-order valence-corrected chi connectivity index (χ1v) is 7.40. The fourth-order valence-electron chi connectivity index (χ4n) is 1.82. The zero-order valence-corrected chi connectivity index (χ0v) is 13.4. The van der Waals surface area contributed by atoms with Gasteiger partial charge in [0.25, 0.3) is 0 Å². The molecule has 0 fully saturated rings. The molecule has 5 nitrogen and oxygen atoms in total. The van der Waals surface area contributed by atoms with E-state index >= 15 is 0 Å². The lowest BCUT2D eigenvalue weighted by atomic mass is 10.1. The zero-order chi connectivity index (χ0) is 15.0. The summed E-state index contributed by atoms with van der Waals surface area (Å²) in [6, 6.07) is 0. The Balaban J connectivity index is 2.88. The van der Waals surface area contributed by atoms with Gasteiger partial charge < -0.3 is 15.4 Å². The lowest BCUT2D eigenvalue weighted by Gasteiger charge is -2.24. The summed E-state index contributed by atoms with van der Waals surface area (Å²) in [5.41, 5.74) is 0.946. The number of hydrogen-bond donors (Lipinski definition) is 2. The van der Waals surface area contributed by atoms with Crippen molar-refractivity contribution in [1.82, 2.24) is 9.97 Å². The molecule has 0 spiro atoms. The Morgan fingerprint density at radius 2 is 1.75 bits per heavy atom. The molecule has 1 aromatic heterocycles. The van der Waals surface area contributed by atoms with Crippen LogP contribution in [0.4, 0.5) is 11.6 Å². The molecule has 0 amide bonds. The van der Waals surface area contributed by atoms with Crippen LogP contribution in [-0.4, -0.2) is 35.8 Å². The first-order valence-electron chi connectivity index (χ1n) is 7.40. The number of methoxy groups -OCH3 is 1. The Morgan fingerprint density at radius 3 is 2.30 bits per heavy atom. The summed E-state index contributed by atoms with van der Waals surface area (Å²) in [5, 5.41) is 6.77. The number of anilines is 2. The van der Waals surface area contributed by atoms with Crippen LogP contribution in [0.5, 0.6) is 0 Å². The van der Waals surface area contributed by atoms with Gasteiger partial charge in [0.05, 0.1) is 5.60 Å². The molecule has 114 valence electrons. The highest BCUT2D eigenvalue weighted by Gasteiger charge is 2.18. The molecule has 0 radical (unpaired) electrons. The van der Waals surface area contributed by atoms with E-state index in [2.05, 4.69) is 48.3 Å². The fourth-order valence-corrected chi connectivity index (χ4v) is 1.82. The molecule has 5 heteroatoms. The molecule has 1 rings (SSSR count). The Labute approximate surface area is 122 Å². The minimum atomic E-state index is -0.217. The van der Waals surface area contributed by atoms with E-state index in [0.717, 1.165) is 43.0 Å². The van der Waals surface area contributed by atoms with Crippen LogP contribution in [-0.2, 0) is 11.2 Å². The van der Waals surface area contributed by atoms with E-state index in [1.54, 1.807) is 13.4 Å². The Kier molecular flexibility index (Phi) is 6.71. The highest BCUT2D eigenvalue weighted by atomic mass is 16.5. The van der Waals surface area contributed by atoms with Crippen molar-refractivity contribution < 1.29 is 4.74 Å². The van der Waals surface area contributed by atoms with Gasteiger partial charge in [-0.2, -0.15) is 0 Å². The second-order valence-corrected chi connectivity index (χ2v) is 5.54. The smallest absolute Gasteiger partial charge is 0.134 e. The maximum absolute atomic E-state index is 5.43. The molecule has 2 N–H and O–H groups in total. The first kappa shape index (κ1) is 16.7. The molecular formula is C15H28N4O. The molecule has 0 aliphatic heterocycles. The lowest BCUT2D eigenvalue weighted by molar-refractivity contribution is 0.0343. The minimum Gasteiger partial charge on any atom is -0.377 e. The van der Waals surface area contributed by atoms with Gasteiger partial charge in [-0.15, -0.1) is 0 Å². The maximum atomic E-state index is 5.43. The summed E-state index contributed by atoms with van der Waals surface area (Å²) in [6.45, 7) is 10.1. The quantitative estimate of drug-likeness (QED) is 0.728. The van der Waals surface area contributed by atoms with Gasteiger partial charge >= 0.3 is 0 Å². The van der Waals surface area contributed by atoms with Crippen molar-refractivity contribution in [2.75, 3.05) is 30.8 Å². The molecule has 0 saturated carbocycles. The van der Waals surface area contributed by atoms with Gasteiger partial charge in [-0.05, 0) is 26.7 Å². The summed E-state index contributed by atoms with van der Waals surface area (Å²) in [6.07, 6.45) is 4.72. The summed E-state index contributed by atoms with van der Waals surface area (Å²) < 4.78 is 5.43. The predicted molar refractivity (Wildman–Crippen MR) is 84.4 cm³/mol. The van der Waals surface area contributed by atoms with Crippen LogP contribution in [0.2, 0.25) is 0 Å². The molecule has 20 heavy (non-hydrogen) atoms. The molecule has 0 aliphatic rings. The van der Waals surface area contributed by atoms with E-state index in [1.165, 1.54) is 0 Å². The summed E-state index contributed by atoms with van der Waals surface area (Å²) >= 11 is 0. The lowest BCUT2D eigenvalue weighted by Crippen LogP contribution is -2.32. The Bertz CT molecular complexity index is 407. The molecular weight excluding hydrogens is 252 g/mol. The van der Waals surface area contributed by atoms with Gasteiger partial charge in [-0.1, -0.05) is 20.3 Å². The van der Waals surface area contributed by atoms with Gasteiger partial charge in [-0.3, -0.25) is 0 Å². The van der Waals surface area contributed by atoms with Crippen molar-refractivity contribution in [3.8, 4) is 0 Å². The van der Waals surface area contributed by atoms with Gasteiger partial charge in [0, 0.05) is 25.8 Å². The van der Waals surface area contributed by atoms with Crippen LogP contribution in [0.3, 0.4) is 0 Å². The molecule has 0 aromatic carbocycles. The minimum absolute atomic E-state index is 0.217.